The third-order valence-electron chi connectivity index (χ3n) is 2.88. The number of hydrogen-bond donors (Lipinski definition) is 1. The van der Waals surface area contributed by atoms with Crippen molar-refractivity contribution in [3.05, 3.63) is 0 Å². The molecule has 0 amide bonds. The summed E-state index contributed by atoms with van der Waals surface area (Å²) < 4.78 is 10.9. The zero-order valence-corrected chi connectivity index (χ0v) is 9.24. The van der Waals surface area contributed by atoms with Gasteiger partial charge in [0, 0.05) is 20.1 Å². The van der Waals surface area contributed by atoms with Gasteiger partial charge in [-0.3, -0.25) is 0 Å². The van der Waals surface area contributed by atoms with Crippen molar-refractivity contribution in [2.24, 2.45) is 0 Å². The van der Waals surface area contributed by atoms with Gasteiger partial charge in [0.05, 0.1) is 18.8 Å². The van der Waals surface area contributed by atoms with Crippen molar-refractivity contribution in [1.29, 1.82) is 5.26 Å². The monoisotopic (exact) mass is 213 g/mol. The summed E-state index contributed by atoms with van der Waals surface area (Å²) in [5, 5.41) is 17.8. The van der Waals surface area contributed by atoms with Crippen LogP contribution in [-0.4, -0.2) is 37.1 Å². The lowest BCUT2D eigenvalue weighted by Gasteiger charge is -2.34. The second kappa shape index (κ2) is 6.06. The molecule has 2 unspecified atom stereocenters. The fourth-order valence-corrected chi connectivity index (χ4v) is 1.99. The second-order valence-corrected chi connectivity index (χ2v) is 3.99. The van der Waals surface area contributed by atoms with Gasteiger partial charge in [0.15, 0.2) is 5.60 Å². The zero-order valence-electron chi connectivity index (χ0n) is 9.24. The molecule has 0 heterocycles. The van der Waals surface area contributed by atoms with Gasteiger partial charge in [-0.05, 0) is 25.7 Å². The number of methoxy groups -OCH3 is 1. The van der Waals surface area contributed by atoms with Crippen LogP contribution in [0.25, 0.3) is 0 Å². The molecule has 0 bridgehead atoms. The summed E-state index contributed by atoms with van der Waals surface area (Å²) in [6, 6.07) is 2.26. The normalized spacial score (nSPS) is 31.1. The maximum Gasteiger partial charge on any atom is 0.156 e. The van der Waals surface area contributed by atoms with Crippen LogP contribution >= 0.6 is 0 Å². The van der Waals surface area contributed by atoms with Gasteiger partial charge < -0.3 is 14.6 Å². The lowest BCUT2D eigenvalue weighted by Crippen LogP contribution is -2.40. The second-order valence-electron chi connectivity index (χ2n) is 3.99. The SMILES string of the molecule is COC1CCCC(C#N)(OCCCO)C1. The molecule has 0 aromatic rings. The van der Waals surface area contributed by atoms with Crippen molar-refractivity contribution in [2.45, 2.75) is 43.8 Å². The molecular formula is C11H19NO3. The van der Waals surface area contributed by atoms with Gasteiger partial charge in [-0.15, -0.1) is 0 Å². The molecule has 15 heavy (non-hydrogen) atoms. The molecule has 4 heteroatoms. The standard InChI is InChI=1S/C11H19NO3/c1-14-10-4-2-5-11(8-10,9-12)15-7-3-6-13/h10,13H,2-8H2,1H3. The van der Waals surface area contributed by atoms with Crippen LogP contribution in [0.2, 0.25) is 0 Å². The minimum absolute atomic E-state index is 0.106. The summed E-state index contributed by atoms with van der Waals surface area (Å²) >= 11 is 0. The highest BCUT2D eigenvalue weighted by molar-refractivity contribution is 5.05. The molecule has 86 valence electrons. The Morgan fingerprint density at radius 2 is 2.40 bits per heavy atom. The van der Waals surface area contributed by atoms with Crippen LogP contribution in [0.3, 0.4) is 0 Å². The molecule has 1 N–H and O–H groups in total. The van der Waals surface area contributed by atoms with Crippen molar-refractivity contribution < 1.29 is 14.6 Å². The quantitative estimate of drug-likeness (QED) is 0.698. The van der Waals surface area contributed by atoms with E-state index in [9.17, 15) is 0 Å². The summed E-state index contributed by atoms with van der Waals surface area (Å²) in [5.41, 5.74) is -0.686. The van der Waals surface area contributed by atoms with Gasteiger partial charge in [0.25, 0.3) is 0 Å². The molecule has 2 atom stereocenters. The van der Waals surface area contributed by atoms with E-state index in [-0.39, 0.29) is 12.7 Å². The minimum Gasteiger partial charge on any atom is -0.396 e. The number of hydrogen-bond acceptors (Lipinski definition) is 4. The van der Waals surface area contributed by atoms with E-state index in [2.05, 4.69) is 6.07 Å². The maximum atomic E-state index is 9.16. The molecule has 1 aliphatic carbocycles. The molecule has 1 rings (SSSR count). The van der Waals surface area contributed by atoms with E-state index in [1.165, 1.54) is 0 Å². The number of aliphatic hydroxyl groups is 1. The first-order valence-corrected chi connectivity index (χ1v) is 5.45. The molecule has 0 aromatic heterocycles. The summed E-state index contributed by atoms with van der Waals surface area (Å²) in [5.74, 6) is 0. The topological polar surface area (TPSA) is 62.5 Å². The highest BCUT2D eigenvalue weighted by Gasteiger charge is 2.37. The number of rotatable bonds is 5. The van der Waals surface area contributed by atoms with E-state index in [1.807, 2.05) is 0 Å². The van der Waals surface area contributed by atoms with E-state index < -0.39 is 5.60 Å². The van der Waals surface area contributed by atoms with Crippen LogP contribution in [0.4, 0.5) is 0 Å². The third-order valence-corrected chi connectivity index (χ3v) is 2.88. The van der Waals surface area contributed by atoms with Gasteiger partial charge in [0.1, 0.15) is 0 Å². The van der Waals surface area contributed by atoms with Crippen molar-refractivity contribution in [2.75, 3.05) is 20.3 Å². The number of nitriles is 1. The summed E-state index contributed by atoms with van der Waals surface area (Å²) in [6.45, 7) is 0.551. The third kappa shape index (κ3) is 3.45. The van der Waals surface area contributed by atoms with Crippen molar-refractivity contribution >= 4 is 0 Å². The summed E-state index contributed by atoms with van der Waals surface area (Å²) in [6.07, 6.45) is 4.10. The molecule has 1 saturated carbocycles. The molecule has 0 aliphatic heterocycles. The first-order chi connectivity index (χ1) is 7.26. The molecule has 0 aromatic carbocycles. The largest absolute Gasteiger partial charge is 0.396 e. The predicted octanol–water partition coefficient (Wildman–Crippen LogP) is 1.24. The van der Waals surface area contributed by atoms with E-state index in [0.717, 1.165) is 19.3 Å². The average Bonchev–Trinajstić information content (AvgIpc) is 2.30. The Morgan fingerprint density at radius 3 is 3.00 bits per heavy atom. The number of aliphatic hydroxyl groups excluding tert-OH is 1. The van der Waals surface area contributed by atoms with Crippen LogP contribution in [0.5, 0.6) is 0 Å². The molecule has 1 aliphatic rings. The molecular weight excluding hydrogens is 194 g/mol. The van der Waals surface area contributed by atoms with Gasteiger partial charge in [-0.1, -0.05) is 0 Å². The molecule has 0 radical (unpaired) electrons. The van der Waals surface area contributed by atoms with Crippen molar-refractivity contribution in [3.63, 3.8) is 0 Å². The fourth-order valence-electron chi connectivity index (χ4n) is 1.99. The highest BCUT2D eigenvalue weighted by Crippen LogP contribution is 2.32. The fraction of sp³-hybridized carbons (Fsp3) is 0.909. The van der Waals surface area contributed by atoms with Gasteiger partial charge in [-0.25, -0.2) is 0 Å². The Labute approximate surface area is 90.8 Å². The summed E-state index contributed by atoms with van der Waals surface area (Å²) in [7, 11) is 1.67. The lowest BCUT2D eigenvalue weighted by atomic mass is 9.84. The smallest absolute Gasteiger partial charge is 0.156 e. The Bertz CT molecular complexity index is 226. The average molecular weight is 213 g/mol. The first-order valence-electron chi connectivity index (χ1n) is 5.45. The van der Waals surface area contributed by atoms with E-state index in [1.54, 1.807) is 7.11 Å². The van der Waals surface area contributed by atoms with Crippen molar-refractivity contribution in [3.8, 4) is 6.07 Å². The minimum atomic E-state index is -0.686. The summed E-state index contributed by atoms with van der Waals surface area (Å²) in [4.78, 5) is 0. The van der Waals surface area contributed by atoms with Gasteiger partial charge in [0.2, 0.25) is 0 Å². The highest BCUT2D eigenvalue weighted by atomic mass is 16.5. The van der Waals surface area contributed by atoms with Gasteiger partial charge in [-0.2, -0.15) is 5.26 Å². The molecule has 1 fully saturated rings. The lowest BCUT2D eigenvalue weighted by molar-refractivity contribution is -0.0740. The van der Waals surface area contributed by atoms with Crippen LogP contribution < -0.4 is 0 Å². The van der Waals surface area contributed by atoms with E-state index >= 15 is 0 Å². The van der Waals surface area contributed by atoms with Crippen LogP contribution in [-0.2, 0) is 9.47 Å². The first kappa shape index (κ1) is 12.4. The van der Waals surface area contributed by atoms with E-state index in [0.29, 0.717) is 19.4 Å². The molecule has 4 nitrogen and oxygen atoms in total. The molecule has 0 saturated heterocycles. The number of ether oxygens (including phenoxy) is 2. The Kier molecular flexibility index (Phi) is 5.03. The van der Waals surface area contributed by atoms with Crippen molar-refractivity contribution in [1.82, 2.24) is 0 Å². The van der Waals surface area contributed by atoms with E-state index in [4.69, 9.17) is 19.8 Å². The zero-order chi connectivity index (χ0) is 11.1. The Balaban J connectivity index is 2.48. The maximum absolute atomic E-state index is 9.16. The number of nitrogens with zero attached hydrogens (tertiary/aromatic N) is 1. The predicted molar refractivity (Wildman–Crippen MR) is 55.3 cm³/mol. The van der Waals surface area contributed by atoms with Gasteiger partial charge >= 0.3 is 0 Å². The molecule has 0 spiro atoms. The van der Waals surface area contributed by atoms with Crippen LogP contribution in [0.1, 0.15) is 32.1 Å². The van der Waals surface area contributed by atoms with Crippen LogP contribution in [0, 0.1) is 11.3 Å². The van der Waals surface area contributed by atoms with Crippen LogP contribution in [0.15, 0.2) is 0 Å². The Morgan fingerprint density at radius 1 is 1.60 bits per heavy atom. The Hall–Kier alpha value is -0.630.